The van der Waals surface area contributed by atoms with Gasteiger partial charge in [0.2, 0.25) is 5.75 Å². The summed E-state index contributed by atoms with van der Waals surface area (Å²) in [5, 5.41) is 22.0. The predicted octanol–water partition coefficient (Wildman–Crippen LogP) is 8.82. The van der Waals surface area contributed by atoms with E-state index in [-0.39, 0.29) is 12.1 Å². The van der Waals surface area contributed by atoms with Gasteiger partial charge in [-0.15, -0.1) is 0 Å². The topological polar surface area (TPSA) is 122 Å². The summed E-state index contributed by atoms with van der Waals surface area (Å²) in [7, 11) is 0. The Labute approximate surface area is 251 Å². The lowest BCUT2D eigenvalue weighted by Crippen LogP contribution is -2.77. The Kier molecular flexibility index (Phi) is 10.5. The minimum Gasteiger partial charge on any atom is -0.387 e. The summed E-state index contributed by atoms with van der Waals surface area (Å²) in [6, 6.07) is 0.124. The summed E-state index contributed by atoms with van der Waals surface area (Å²) >= 11 is 0. The molecule has 1 aromatic rings. The summed E-state index contributed by atoms with van der Waals surface area (Å²) in [5.41, 5.74) is -4.00. The molecule has 0 bridgehead atoms. The van der Waals surface area contributed by atoms with Crippen LogP contribution in [0.1, 0.15) is 12.5 Å². The molecule has 0 radical (unpaired) electrons. The van der Waals surface area contributed by atoms with Crippen LogP contribution in [0.4, 0.5) is 108 Å². The number of nitrogens with zero attached hydrogens (tertiary/aromatic N) is 2. The molecular formula is C19H7F21N2O7. The van der Waals surface area contributed by atoms with Crippen LogP contribution in [0.2, 0.25) is 0 Å². The van der Waals surface area contributed by atoms with Gasteiger partial charge in [-0.2, -0.15) is 92.2 Å². The third kappa shape index (κ3) is 6.13. The molecule has 0 aliphatic heterocycles. The van der Waals surface area contributed by atoms with Gasteiger partial charge in [-0.3, -0.25) is 20.2 Å². The summed E-state index contributed by atoms with van der Waals surface area (Å²) in [6.07, 6.45) is -20.4. The molecule has 0 aliphatic carbocycles. The number of ether oxygens (including phenoxy) is 2. The van der Waals surface area contributed by atoms with E-state index in [1.54, 1.807) is 0 Å². The summed E-state index contributed by atoms with van der Waals surface area (Å²) in [4.78, 5) is 30.5. The van der Waals surface area contributed by atoms with Gasteiger partial charge in [-0.05, 0) is 6.42 Å². The lowest BCUT2D eigenvalue weighted by molar-refractivity contribution is -0.482. The summed E-state index contributed by atoms with van der Waals surface area (Å²) in [6.45, 7) is 0.895. The fourth-order valence-electron chi connectivity index (χ4n) is 3.09. The maximum atomic E-state index is 14.0. The van der Waals surface area contributed by atoms with Crippen LogP contribution in [0.15, 0.2) is 12.1 Å². The molecule has 0 heterocycles. The molecular weight excluding hydrogens is 767 g/mol. The number of nitro groups is 2. The maximum Gasteiger partial charge on any atom is 0.518 e. The number of rotatable bonds is 13. The molecule has 0 aromatic heterocycles. The largest absolute Gasteiger partial charge is 0.518 e. The second kappa shape index (κ2) is 12.0. The molecule has 0 atom stereocenters. The molecule has 0 amide bonds. The SMILES string of the molecule is CCc1cc([N+](=O)[O-])cc([N+](=O)[O-])c1OC(=O)OC(F)(F)C(F)(F)C(F)(F)C(F)(F)C(F)(F)C(F)(F)C(F)(F)C(F)(F)C(F)(F)C(F)(F)F. The molecule has 0 fully saturated rings. The van der Waals surface area contributed by atoms with E-state index in [1.165, 1.54) is 0 Å². The number of hydrogen-bond acceptors (Lipinski definition) is 7. The number of nitro benzene ring substituents is 2. The molecule has 0 N–H and O–H groups in total. The van der Waals surface area contributed by atoms with Crippen LogP contribution in [-0.4, -0.2) is 75.7 Å². The van der Waals surface area contributed by atoms with Crippen LogP contribution < -0.4 is 4.74 Å². The molecule has 1 rings (SSSR count). The van der Waals surface area contributed by atoms with Crippen molar-refractivity contribution in [1.29, 1.82) is 0 Å². The monoisotopic (exact) mass is 774 g/mol. The molecule has 1 aromatic carbocycles. The number of non-ortho nitro benzene ring substituents is 1. The van der Waals surface area contributed by atoms with Gasteiger partial charge >= 0.3 is 71.5 Å². The Morgan fingerprint density at radius 1 is 0.592 bits per heavy atom. The number of carbonyl (C=O) groups excluding carboxylic acids is 1. The third-order valence-corrected chi connectivity index (χ3v) is 5.80. The zero-order chi connectivity index (χ0) is 39.6. The first-order valence-electron chi connectivity index (χ1n) is 11.1. The Hall–Kier alpha value is -4.18. The van der Waals surface area contributed by atoms with Crippen molar-refractivity contribution in [2.24, 2.45) is 0 Å². The molecule has 282 valence electrons. The number of carbonyl (C=O) groups is 1. The van der Waals surface area contributed by atoms with E-state index < -0.39 is 105 Å². The van der Waals surface area contributed by atoms with Crippen LogP contribution >= 0.6 is 0 Å². The number of alkyl halides is 21. The van der Waals surface area contributed by atoms with E-state index in [1.807, 2.05) is 0 Å². The van der Waals surface area contributed by atoms with Crippen LogP contribution in [0.3, 0.4) is 0 Å². The fourth-order valence-corrected chi connectivity index (χ4v) is 3.09. The molecule has 30 heteroatoms. The second-order valence-electron chi connectivity index (χ2n) is 8.88. The maximum absolute atomic E-state index is 14.0. The van der Waals surface area contributed by atoms with Crippen molar-refractivity contribution in [2.45, 2.75) is 73.0 Å². The highest BCUT2D eigenvalue weighted by atomic mass is 19.4. The van der Waals surface area contributed by atoms with E-state index in [0.717, 1.165) is 6.92 Å². The Morgan fingerprint density at radius 2 is 0.939 bits per heavy atom. The minimum atomic E-state index is -9.44. The smallest absolute Gasteiger partial charge is 0.387 e. The minimum absolute atomic E-state index is 0.130. The van der Waals surface area contributed by atoms with Crippen molar-refractivity contribution >= 4 is 17.5 Å². The summed E-state index contributed by atoms with van der Waals surface area (Å²) in [5.74, 6) is -74.7. The van der Waals surface area contributed by atoms with Gasteiger partial charge in [0.15, 0.2) is 0 Å². The van der Waals surface area contributed by atoms with Gasteiger partial charge in [-0.25, -0.2) is 4.79 Å². The lowest BCUT2D eigenvalue weighted by atomic mass is 9.87. The van der Waals surface area contributed by atoms with Gasteiger partial charge in [0.1, 0.15) is 0 Å². The molecule has 0 spiro atoms. The van der Waals surface area contributed by atoms with Gasteiger partial charge in [0, 0.05) is 11.6 Å². The molecule has 49 heavy (non-hydrogen) atoms. The first-order chi connectivity index (χ1) is 21.3. The number of halogens is 21. The highest BCUT2D eigenvalue weighted by Crippen LogP contribution is 2.66. The number of hydrogen-bond donors (Lipinski definition) is 0. The van der Waals surface area contributed by atoms with Crippen LogP contribution in [0.5, 0.6) is 5.75 Å². The lowest BCUT2D eigenvalue weighted by Gasteiger charge is -2.44. The first-order valence-corrected chi connectivity index (χ1v) is 11.1. The van der Waals surface area contributed by atoms with Gasteiger partial charge in [-0.1, -0.05) is 6.92 Å². The average Bonchev–Trinajstić information content (AvgIpc) is 2.90. The molecule has 9 nitrogen and oxygen atoms in total. The highest BCUT2D eigenvalue weighted by Gasteiger charge is 2.98. The molecule has 0 unspecified atom stereocenters. The standard InChI is InChI=1S/C19H7F21N2O7/c1-2-5-3-6(41(44)45)4-7(42(46)47)8(5)48-9(43)49-19(39,40)17(34,35)15(30,31)13(26,27)11(22,23)10(20,21)12(24,25)14(28,29)16(32,33)18(36,37)38/h3-4H,2H2,1H3. The number of benzene rings is 1. The first kappa shape index (κ1) is 42.8. The zero-order valence-electron chi connectivity index (χ0n) is 22.1. The average molecular weight is 774 g/mol. The second-order valence-corrected chi connectivity index (χ2v) is 8.88. The van der Waals surface area contributed by atoms with Crippen LogP contribution in [0, 0.1) is 20.2 Å². The third-order valence-electron chi connectivity index (χ3n) is 5.80. The van der Waals surface area contributed by atoms with Crippen molar-refractivity contribution in [3.63, 3.8) is 0 Å². The summed E-state index contributed by atoms with van der Waals surface area (Å²) < 4.78 is 288. The van der Waals surface area contributed by atoms with Crippen molar-refractivity contribution in [3.05, 3.63) is 37.9 Å². The van der Waals surface area contributed by atoms with Gasteiger partial charge < -0.3 is 9.47 Å². The highest BCUT2D eigenvalue weighted by molar-refractivity contribution is 5.69. The van der Waals surface area contributed by atoms with Crippen LogP contribution in [-0.2, 0) is 11.2 Å². The van der Waals surface area contributed by atoms with E-state index in [4.69, 9.17) is 0 Å². The number of aryl methyl sites for hydroxylation is 1. The van der Waals surface area contributed by atoms with Gasteiger partial charge in [0.25, 0.3) is 5.69 Å². The van der Waals surface area contributed by atoms with Crippen molar-refractivity contribution in [3.8, 4) is 5.75 Å². The Morgan fingerprint density at radius 3 is 1.24 bits per heavy atom. The van der Waals surface area contributed by atoms with E-state index >= 15 is 0 Å². The van der Waals surface area contributed by atoms with Crippen LogP contribution in [0.25, 0.3) is 0 Å². The van der Waals surface area contributed by atoms with Gasteiger partial charge in [0.05, 0.1) is 15.9 Å². The Bertz CT molecular complexity index is 1470. The Balaban J connectivity index is 3.71. The zero-order valence-corrected chi connectivity index (χ0v) is 22.1. The normalized spacial score (nSPS) is 14.8. The fraction of sp³-hybridized carbons (Fsp3) is 0.632. The van der Waals surface area contributed by atoms with Crippen molar-refractivity contribution < 1.29 is 116 Å². The predicted molar refractivity (Wildman–Crippen MR) is 107 cm³/mol. The van der Waals surface area contributed by atoms with Crippen molar-refractivity contribution in [1.82, 2.24) is 0 Å². The quantitative estimate of drug-likeness (QED) is 0.0646. The van der Waals surface area contributed by atoms with E-state index in [0.29, 0.717) is 0 Å². The molecule has 0 saturated carbocycles. The van der Waals surface area contributed by atoms with Crippen molar-refractivity contribution in [2.75, 3.05) is 0 Å². The molecule has 0 aliphatic rings. The van der Waals surface area contributed by atoms with E-state index in [9.17, 15) is 117 Å². The molecule has 0 saturated heterocycles. The van der Waals surface area contributed by atoms with E-state index in [2.05, 4.69) is 9.47 Å².